The summed E-state index contributed by atoms with van der Waals surface area (Å²) in [4.78, 5) is 12.8. The Balaban J connectivity index is 1.51. The summed E-state index contributed by atoms with van der Waals surface area (Å²) in [5, 5.41) is 9.68. The summed E-state index contributed by atoms with van der Waals surface area (Å²) in [7, 11) is 0. The number of fused-ring (bicyclic) bond motifs is 3. The lowest BCUT2D eigenvalue weighted by molar-refractivity contribution is 0.295. The first-order chi connectivity index (χ1) is 15.2. The van der Waals surface area contributed by atoms with E-state index < -0.39 is 0 Å². The van der Waals surface area contributed by atoms with Crippen molar-refractivity contribution in [1.29, 1.82) is 0 Å². The number of hydrogen-bond acceptors (Lipinski definition) is 4. The van der Waals surface area contributed by atoms with Crippen molar-refractivity contribution in [2.45, 2.75) is 20.1 Å². The number of para-hydroxylation sites is 1. The largest absolute Gasteiger partial charge is 0.484 e. The highest BCUT2D eigenvalue weighted by Gasteiger charge is 2.16. The van der Waals surface area contributed by atoms with Gasteiger partial charge in [-0.3, -0.25) is 13.8 Å². The lowest BCUT2D eigenvalue weighted by Crippen LogP contribution is -2.22. The average Bonchev–Trinajstić information content (AvgIpc) is 3.23. The SMILES string of the molecule is CCn1c(=O)c2ccccc2n2c(COc3ccc(-c4ccccc4)cc3Cl)nnc12. The molecule has 0 unspecified atom stereocenters. The molecule has 154 valence electrons. The minimum atomic E-state index is -0.0787. The number of benzene rings is 3. The number of nitrogens with zero attached hydrogens (tertiary/aromatic N) is 4. The lowest BCUT2D eigenvalue weighted by atomic mass is 10.1. The fraction of sp³-hybridized carbons (Fsp3) is 0.125. The van der Waals surface area contributed by atoms with E-state index in [1.807, 2.05) is 84.1 Å². The number of hydrogen-bond donors (Lipinski definition) is 0. The zero-order valence-corrected chi connectivity index (χ0v) is 17.6. The minimum Gasteiger partial charge on any atom is -0.484 e. The molecule has 7 heteroatoms. The van der Waals surface area contributed by atoms with E-state index in [0.29, 0.717) is 34.3 Å². The number of halogens is 1. The highest BCUT2D eigenvalue weighted by molar-refractivity contribution is 6.32. The smallest absolute Gasteiger partial charge is 0.262 e. The molecule has 5 rings (SSSR count). The number of aromatic nitrogens is 4. The maximum atomic E-state index is 12.8. The van der Waals surface area contributed by atoms with Crippen LogP contribution in [0.3, 0.4) is 0 Å². The van der Waals surface area contributed by atoms with Crippen LogP contribution in [0.25, 0.3) is 27.8 Å². The van der Waals surface area contributed by atoms with E-state index in [4.69, 9.17) is 16.3 Å². The van der Waals surface area contributed by atoms with Gasteiger partial charge in [-0.15, -0.1) is 10.2 Å². The summed E-state index contributed by atoms with van der Waals surface area (Å²) >= 11 is 6.49. The molecular weight excluding hydrogens is 412 g/mol. The van der Waals surface area contributed by atoms with Crippen LogP contribution in [0.15, 0.2) is 77.6 Å². The van der Waals surface area contributed by atoms with Crippen LogP contribution in [-0.2, 0) is 13.2 Å². The molecule has 0 fully saturated rings. The van der Waals surface area contributed by atoms with E-state index in [1.54, 1.807) is 4.57 Å². The lowest BCUT2D eigenvalue weighted by Gasteiger charge is -2.11. The third-order valence-corrected chi connectivity index (χ3v) is 5.58. The molecule has 2 heterocycles. The molecule has 0 radical (unpaired) electrons. The van der Waals surface area contributed by atoms with Gasteiger partial charge in [0.1, 0.15) is 12.4 Å². The highest BCUT2D eigenvalue weighted by Crippen LogP contribution is 2.31. The first-order valence-corrected chi connectivity index (χ1v) is 10.4. The third kappa shape index (κ3) is 3.35. The van der Waals surface area contributed by atoms with Crippen molar-refractivity contribution in [3.05, 3.63) is 94.0 Å². The minimum absolute atomic E-state index is 0.0787. The van der Waals surface area contributed by atoms with E-state index in [2.05, 4.69) is 10.2 Å². The Labute approximate surface area is 183 Å². The van der Waals surface area contributed by atoms with E-state index in [0.717, 1.165) is 16.6 Å². The van der Waals surface area contributed by atoms with Crippen molar-refractivity contribution >= 4 is 28.3 Å². The molecule has 0 saturated heterocycles. The monoisotopic (exact) mass is 430 g/mol. The predicted octanol–water partition coefficient (Wildman–Crippen LogP) is 4.96. The van der Waals surface area contributed by atoms with E-state index >= 15 is 0 Å². The molecule has 0 aliphatic carbocycles. The molecule has 0 aliphatic rings. The summed E-state index contributed by atoms with van der Waals surface area (Å²) in [5.41, 5.74) is 2.78. The van der Waals surface area contributed by atoms with Gasteiger partial charge in [0, 0.05) is 6.54 Å². The second-order valence-corrected chi connectivity index (χ2v) is 7.53. The van der Waals surface area contributed by atoms with Gasteiger partial charge < -0.3 is 4.74 Å². The van der Waals surface area contributed by atoms with Gasteiger partial charge in [0.2, 0.25) is 5.78 Å². The van der Waals surface area contributed by atoms with Crippen LogP contribution in [0.2, 0.25) is 5.02 Å². The molecule has 0 N–H and O–H groups in total. The third-order valence-electron chi connectivity index (χ3n) is 5.29. The standard InChI is InChI=1S/C24H19ClN4O2/c1-2-28-23(30)18-10-6-7-11-20(18)29-22(26-27-24(28)29)15-31-21-13-12-17(14-19(21)25)16-8-4-3-5-9-16/h3-14H,2,15H2,1H3. The van der Waals surface area contributed by atoms with Gasteiger partial charge in [0.25, 0.3) is 5.56 Å². The van der Waals surface area contributed by atoms with Crippen LogP contribution in [0, 0.1) is 0 Å². The normalized spacial score (nSPS) is 11.3. The van der Waals surface area contributed by atoms with Crippen molar-refractivity contribution in [2.75, 3.05) is 0 Å². The molecule has 6 nitrogen and oxygen atoms in total. The zero-order valence-electron chi connectivity index (χ0n) is 16.8. The summed E-state index contributed by atoms with van der Waals surface area (Å²) in [6.45, 7) is 2.57. The van der Waals surface area contributed by atoms with Gasteiger partial charge in [0.05, 0.1) is 15.9 Å². The first-order valence-electron chi connectivity index (χ1n) is 10.0. The number of aryl methyl sites for hydroxylation is 1. The summed E-state index contributed by atoms with van der Waals surface area (Å²) in [6, 6.07) is 23.2. The molecule has 0 aliphatic heterocycles. The van der Waals surface area contributed by atoms with E-state index in [1.165, 1.54) is 0 Å². The molecule has 5 aromatic rings. The Hall–Kier alpha value is -3.64. The van der Waals surface area contributed by atoms with Crippen LogP contribution in [0.4, 0.5) is 0 Å². The Morgan fingerprint density at radius 2 is 1.71 bits per heavy atom. The van der Waals surface area contributed by atoms with Crippen molar-refractivity contribution < 1.29 is 4.74 Å². The fourth-order valence-corrected chi connectivity index (χ4v) is 4.00. The average molecular weight is 431 g/mol. The summed E-state index contributed by atoms with van der Waals surface area (Å²) in [6.07, 6.45) is 0. The van der Waals surface area contributed by atoms with Crippen LogP contribution in [0.1, 0.15) is 12.7 Å². The summed E-state index contributed by atoms with van der Waals surface area (Å²) < 4.78 is 9.47. The molecule has 2 aromatic heterocycles. The van der Waals surface area contributed by atoms with Crippen LogP contribution >= 0.6 is 11.6 Å². The van der Waals surface area contributed by atoms with E-state index in [-0.39, 0.29) is 12.2 Å². The van der Waals surface area contributed by atoms with Gasteiger partial charge >= 0.3 is 0 Å². The van der Waals surface area contributed by atoms with Gasteiger partial charge in [-0.2, -0.15) is 0 Å². The Morgan fingerprint density at radius 1 is 0.935 bits per heavy atom. The van der Waals surface area contributed by atoms with Crippen molar-refractivity contribution in [3.63, 3.8) is 0 Å². The maximum absolute atomic E-state index is 12.8. The van der Waals surface area contributed by atoms with Gasteiger partial charge in [-0.25, -0.2) is 0 Å². The Bertz CT molecular complexity index is 1460. The number of rotatable bonds is 5. The predicted molar refractivity (Wildman–Crippen MR) is 122 cm³/mol. The Kier molecular flexibility index (Phi) is 4.92. The van der Waals surface area contributed by atoms with Crippen molar-refractivity contribution in [1.82, 2.24) is 19.2 Å². The van der Waals surface area contributed by atoms with Crippen LogP contribution in [0.5, 0.6) is 5.75 Å². The second kappa shape index (κ2) is 7.89. The first kappa shape index (κ1) is 19.3. The molecule has 31 heavy (non-hydrogen) atoms. The molecule has 3 aromatic carbocycles. The second-order valence-electron chi connectivity index (χ2n) is 7.12. The van der Waals surface area contributed by atoms with Gasteiger partial charge in [0.15, 0.2) is 5.82 Å². The molecule has 0 saturated carbocycles. The van der Waals surface area contributed by atoms with Crippen LogP contribution in [-0.4, -0.2) is 19.2 Å². The fourth-order valence-electron chi connectivity index (χ4n) is 3.76. The zero-order chi connectivity index (χ0) is 21.4. The molecule has 0 bridgehead atoms. The van der Waals surface area contributed by atoms with E-state index in [9.17, 15) is 4.79 Å². The topological polar surface area (TPSA) is 61.4 Å². The molecule has 0 spiro atoms. The summed E-state index contributed by atoms with van der Waals surface area (Å²) in [5.74, 6) is 1.65. The molecule has 0 amide bonds. The highest BCUT2D eigenvalue weighted by atomic mass is 35.5. The van der Waals surface area contributed by atoms with Gasteiger partial charge in [-0.1, -0.05) is 60.1 Å². The number of ether oxygens (including phenoxy) is 1. The maximum Gasteiger partial charge on any atom is 0.262 e. The quantitative estimate of drug-likeness (QED) is 0.395. The molecular formula is C24H19ClN4O2. The van der Waals surface area contributed by atoms with Gasteiger partial charge in [-0.05, 0) is 42.3 Å². The van der Waals surface area contributed by atoms with Crippen molar-refractivity contribution in [2.24, 2.45) is 0 Å². The van der Waals surface area contributed by atoms with Crippen molar-refractivity contribution in [3.8, 4) is 16.9 Å². The molecule has 0 atom stereocenters. The van der Waals surface area contributed by atoms with Crippen LogP contribution < -0.4 is 10.3 Å². The Morgan fingerprint density at radius 3 is 2.48 bits per heavy atom.